The lowest BCUT2D eigenvalue weighted by atomic mass is 9.83. The highest BCUT2D eigenvalue weighted by atomic mass is 15.1. The molecule has 0 bridgehead atoms. The molecule has 2 nitrogen and oxygen atoms in total. The van der Waals surface area contributed by atoms with Crippen molar-refractivity contribution in [3.8, 4) is 0 Å². The minimum Gasteiger partial charge on any atom is -0.326 e. The first-order valence-corrected chi connectivity index (χ1v) is 7.19. The van der Waals surface area contributed by atoms with Gasteiger partial charge >= 0.3 is 0 Å². The van der Waals surface area contributed by atoms with E-state index in [0.717, 1.165) is 19.6 Å². The summed E-state index contributed by atoms with van der Waals surface area (Å²) in [5.74, 6) is 0. The molecule has 0 saturated heterocycles. The van der Waals surface area contributed by atoms with E-state index < -0.39 is 0 Å². The minimum atomic E-state index is 0.321. The maximum absolute atomic E-state index is 5.80. The largest absolute Gasteiger partial charge is 0.326 e. The van der Waals surface area contributed by atoms with Gasteiger partial charge < -0.3 is 5.73 Å². The average Bonchev–Trinajstić information content (AvgIpc) is 2.39. The lowest BCUT2D eigenvalue weighted by Gasteiger charge is -2.32. The first-order chi connectivity index (χ1) is 9.00. The molecule has 1 heterocycles. The van der Waals surface area contributed by atoms with Crippen molar-refractivity contribution in [3.05, 3.63) is 47.0 Å². The van der Waals surface area contributed by atoms with Crippen molar-refractivity contribution in [2.24, 2.45) is 11.1 Å². The second kappa shape index (κ2) is 5.89. The van der Waals surface area contributed by atoms with Gasteiger partial charge in [-0.1, -0.05) is 56.7 Å². The molecule has 1 aliphatic heterocycles. The van der Waals surface area contributed by atoms with Crippen molar-refractivity contribution in [1.29, 1.82) is 0 Å². The Morgan fingerprint density at radius 1 is 1.16 bits per heavy atom. The Hall–Kier alpha value is -1.12. The highest BCUT2D eigenvalue weighted by molar-refractivity contribution is 5.27. The Morgan fingerprint density at radius 3 is 2.37 bits per heavy atom. The molecule has 0 saturated carbocycles. The Balaban J connectivity index is 2.01. The predicted molar refractivity (Wildman–Crippen MR) is 81.8 cm³/mol. The van der Waals surface area contributed by atoms with Gasteiger partial charge in [0.2, 0.25) is 0 Å². The van der Waals surface area contributed by atoms with Crippen molar-refractivity contribution < 1.29 is 0 Å². The van der Waals surface area contributed by atoms with Crippen LogP contribution in [0, 0.1) is 5.41 Å². The van der Waals surface area contributed by atoms with Gasteiger partial charge in [0, 0.05) is 26.2 Å². The van der Waals surface area contributed by atoms with E-state index in [1.165, 1.54) is 17.5 Å². The molecule has 0 unspecified atom stereocenters. The zero-order chi connectivity index (χ0) is 13.9. The van der Waals surface area contributed by atoms with Crippen LogP contribution in [0.1, 0.15) is 38.3 Å². The van der Waals surface area contributed by atoms with Gasteiger partial charge in [0.1, 0.15) is 0 Å². The molecule has 0 aromatic heterocycles. The zero-order valence-corrected chi connectivity index (χ0v) is 12.4. The summed E-state index contributed by atoms with van der Waals surface area (Å²) < 4.78 is 0. The maximum atomic E-state index is 5.80. The number of benzene rings is 1. The van der Waals surface area contributed by atoms with E-state index in [2.05, 4.69) is 56.0 Å². The number of hydrogen-bond acceptors (Lipinski definition) is 2. The summed E-state index contributed by atoms with van der Waals surface area (Å²) in [6, 6.07) is 8.51. The van der Waals surface area contributed by atoms with Gasteiger partial charge in [-0.25, -0.2) is 0 Å². The highest BCUT2D eigenvalue weighted by Crippen LogP contribution is 2.30. The van der Waals surface area contributed by atoms with Crippen molar-refractivity contribution >= 4 is 0 Å². The standard InChI is InChI=1S/C17H26N2/c1-17(2,3)16-8-10-19(11-9-16)13-15-7-5-4-6-14(15)12-18/h4-8H,9-13,18H2,1-3H3. The van der Waals surface area contributed by atoms with Crippen molar-refractivity contribution in [2.75, 3.05) is 13.1 Å². The van der Waals surface area contributed by atoms with Crippen LogP contribution in [0.25, 0.3) is 0 Å². The normalized spacial score (nSPS) is 17.4. The van der Waals surface area contributed by atoms with E-state index in [4.69, 9.17) is 5.73 Å². The molecule has 2 heteroatoms. The highest BCUT2D eigenvalue weighted by Gasteiger charge is 2.21. The van der Waals surface area contributed by atoms with Gasteiger partial charge in [0.15, 0.2) is 0 Å². The van der Waals surface area contributed by atoms with Crippen LogP contribution in [0.15, 0.2) is 35.9 Å². The van der Waals surface area contributed by atoms with Crippen LogP contribution in [0.2, 0.25) is 0 Å². The van der Waals surface area contributed by atoms with Crippen molar-refractivity contribution in [3.63, 3.8) is 0 Å². The first-order valence-electron chi connectivity index (χ1n) is 7.19. The quantitative estimate of drug-likeness (QED) is 0.843. The smallest absolute Gasteiger partial charge is 0.0240 e. The van der Waals surface area contributed by atoms with E-state index in [1.807, 2.05) is 0 Å². The molecule has 2 N–H and O–H groups in total. The molecule has 0 fully saturated rings. The molecule has 1 aliphatic rings. The van der Waals surface area contributed by atoms with Crippen LogP contribution in [0.3, 0.4) is 0 Å². The van der Waals surface area contributed by atoms with E-state index in [0.29, 0.717) is 12.0 Å². The maximum Gasteiger partial charge on any atom is 0.0240 e. The van der Waals surface area contributed by atoms with E-state index in [-0.39, 0.29) is 0 Å². The average molecular weight is 258 g/mol. The Bertz CT molecular complexity index is 455. The number of nitrogens with zero attached hydrogens (tertiary/aromatic N) is 1. The molecule has 1 aromatic carbocycles. The number of nitrogens with two attached hydrogens (primary N) is 1. The van der Waals surface area contributed by atoms with Crippen LogP contribution >= 0.6 is 0 Å². The first kappa shape index (κ1) is 14.3. The Labute approximate surface area is 117 Å². The van der Waals surface area contributed by atoms with Gasteiger partial charge in [-0.15, -0.1) is 0 Å². The van der Waals surface area contributed by atoms with E-state index in [9.17, 15) is 0 Å². The molecule has 104 valence electrons. The second-order valence-electron chi connectivity index (χ2n) is 6.44. The summed E-state index contributed by atoms with van der Waals surface area (Å²) in [4.78, 5) is 2.50. The fourth-order valence-electron chi connectivity index (χ4n) is 2.69. The van der Waals surface area contributed by atoms with Crippen molar-refractivity contribution in [1.82, 2.24) is 4.90 Å². The van der Waals surface area contributed by atoms with E-state index in [1.54, 1.807) is 5.57 Å². The molecule has 0 radical (unpaired) electrons. The van der Waals surface area contributed by atoms with Crippen LogP contribution in [-0.4, -0.2) is 18.0 Å². The summed E-state index contributed by atoms with van der Waals surface area (Å²) in [7, 11) is 0. The molecule has 0 amide bonds. The minimum absolute atomic E-state index is 0.321. The Morgan fingerprint density at radius 2 is 1.84 bits per heavy atom. The zero-order valence-electron chi connectivity index (χ0n) is 12.4. The molecule has 1 aromatic rings. The molecule has 0 spiro atoms. The summed E-state index contributed by atoms with van der Waals surface area (Å²) in [5, 5.41) is 0. The fourth-order valence-corrected chi connectivity index (χ4v) is 2.69. The van der Waals surface area contributed by atoms with Crippen LogP contribution in [-0.2, 0) is 13.1 Å². The second-order valence-corrected chi connectivity index (χ2v) is 6.44. The lowest BCUT2D eigenvalue weighted by Crippen LogP contribution is -2.31. The van der Waals surface area contributed by atoms with Crippen LogP contribution in [0.4, 0.5) is 0 Å². The fraction of sp³-hybridized carbons (Fsp3) is 0.529. The topological polar surface area (TPSA) is 29.3 Å². The third kappa shape index (κ3) is 3.68. The molecule has 0 aliphatic carbocycles. The van der Waals surface area contributed by atoms with Crippen molar-refractivity contribution in [2.45, 2.75) is 40.3 Å². The number of rotatable bonds is 3. The molecular weight excluding hydrogens is 232 g/mol. The lowest BCUT2D eigenvalue weighted by molar-refractivity contribution is 0.271. The van der Waals surface area contributed by atoms with E-state index >= 15 is 0 Å². The summed E-state index contributed by atoms with van der Waals surface area (Å²) in [5.41, 5.74) is 10.4. The summed E-state index contributed by atoms with van der Waals surface area (Å²) in [6.07, 6.45) is 3.60. The van der Waals surface area contributed by atoms with Gasteiger partial charge in [0.05, 0.1) is 0 Å². The predicted octanol–water partition coefficient (Wildman–Crippen LogP) is 3.32. The van der Waals surface area contributed by atoms with Crippen LogP contribution in [0.5, 0.6) is 0 Å². The molecular formula is C17H26N2. The molecule has 19 heavy (non-hydrogen) atoms. The van der Waals surface area contributed by atoms with Gasteiger partial charge in [-0.05, 0) is 23.0 Å². The van der Waals surface area contributed by atoms with Crippen LogP contribution < -0.4 is 5.73 Å². The van der Waals surface area contributed by atoms with Gasteiger partial charge in [-0.3, -0.25) is 4.90 Å². The molecule has 2 rings (SSSR count). The monoisotopic (exact) mass is 258 g/mol. The summed E-state index contributed by atoms with van der Waals surface area (Å²) in [6.45, 7) is 10.8. The number of hydrogen-bond donors (Lipinski definition) is 1. The Kier molecular flexibility index (Phi) is 4.43. The SMILES string of the molecule is CC(C)(C)C1=CCN(Cc2ccccc2CN)CC1. The molecule has 0 atom stereocenters. The third-order valence-electron chi connectivity index (χ3n) is 3.99. The van der Waals surface area contributed by atoms with Gasteiger partial charge in [0.25, 0.3) is 0 Å². The van der Waals surface area contributed by atoms with Gasteiger partial charge in [-0.2, -0.15) is 0 Å². The third-order valence-corrected chi connectivity index (χ3v) is 3.99. The summed E-state index contributed by atoms with van der Waals surface area (Å²) >= 11 is 0.